The first-order valence-electron chi connectivity index (χ1n) is 5.23. The van der Waals surface area contributed by atoms with E-state index in [1.54, 1.807) is 12.3 Å². The zero-order valence-electron chi connectivity index (χ0n) is 9.86. The molecule has 0 radical (unpaired) electrons. The average molecular weight is 219 g/mol. The molecule has 1 atom stereocenters. The number of anilines is 1. The Morgan fingerprint density at radius 2 is 2.31 bits per heavy atom. The molecule has 5 nitrogen and oxygen atoms in total. The molecule has 0 aliphatic carbocycles. The molecular weight excluding hydrogens is 202 g/mol. The van der Waals surface area contributed by atoms with Crippen LogP contribution in [0, 0.1) is 17.2 Å². The van der Waals surface area contributed by atoms with Crippen LogP contribution in [0.1, 0.15) is 26.5 Å². The maximum Gasteiger partial charge on any atom is 0.224 e. The lowest BCUT2D eigenvalue weighted by atomic mass is 9.89. The number of aromatic nitrogens is 2. The van der Waals surface area contributed by atoms with E-state index in [9.17, 15) is 0 Å². The van der Waals surface area contributed by atoms with Crippen molar-refractivity contribution in [2.75, 3.05) is 11.9 Å². The Balaban J connectivity index is 2.91. The summed E-state index contributed by atoms with van der Waals surface area (Å²) < 4.78 is 0. The minimum Gasteiger partial charge on any atom is -0.347 e. The van der Waals surface area contributed by atoms with Gasteiger partial charge in [-0.3, -0.25) is 0 Å². The minimum absolute atomic E-state index is 0.270. The highest BCUT2D eigenvalue weighted by atomic mass is 15.1. The molecule has 5 heteroatoms. The third-order valence-electron chi connectivity index (χ3n) is 2.87. The third-order valence-corrected chi connectivity index (χ3v) is 2.87. The van der Waals surface area contributed by atoms with E-state index in [0.29, 0.717) is 24.1 Å². The SMILES string of the molecule is CC(C)C(C)(CN)Nc1nccc(C#N)n1. The van der Waals surface area contributed by atoms with Gasteiger partial charge in [-0.1, -0.05) is 13.8 Å². The predicted octanol–water partition coefficient (Wildman–Crippen LogP) is 1.13. The van der Waals surface area contributed by atoms with Crippen LogP contribution in [0.15, 0.2) is 12.3 Å². The van der Waals surface area contributed by atoms with Gasteiger partial charge in [0.05, 0.1) is 5.54 Å². The van der Waals surface area contributed by atoms with Gasteiger partial charge in [0.1, 0.15) is 11.8 Å². The predicted molar refractivity (Wildman–Crippen MR) is 62.7 cm³/mol. The molecule has 1 aromatic heterocycles. The summed E-state index contributed by atoms with van der Waals surface area (Å²) in [5.74, 6) is 0.785. The second-order valence-electron chi connectivity index (χ2n) is 4.28. The van der Waals surface area contributed by atoms with Crippen LogP contribution in [0.2, 0.25) is 0 Å². The lowest BCUT2D eigenvalue weighted by Crippen LogP contribution is -2.47. The first-order chi connectivity index (χ1) is 7.51. The largest absolute Gasteiger partial charge is 0.347 e. The number of hydrogen-bond donors (Lipinski definition) is 2. The van der Waals surface area contributed by atoms with Crippen molar-refractivity contribution in [2.45, 2.75) is 26.3 Å². The molecule has 0 amide bonds. The second-order valence-corrected chi connectivity index (χ2v) is 4.28. The van der Waals surface area contributed by atoms with Crippen molar-refractivity contribution in [3.05, 3.63) is 18.0 Å². The van der Waals surface area contributed by atoms with Gasteiger partial charge in [0.2, 0.25) is 5.95 Å². The van der Waals surface area contributed by atoms with Gasteiger partial charge in [-0.05, 0) is 18.9 Å². The molecule has 1 heterocycles. The number of nitrogens with two attached hydrogens (primary N) is 1. The van der Waals surface area contributed by atoms with E-state index in [4.69, 9.17) is 11.0 Å². The molecule has 0 saturated carbocycles. The van der Waals surface area contributed by atoms with E-state index in [2.05, 4.69) is 29.1 Å². The van der Waals surface area contributed by atoms with Crippen molar-refractivity contribution < 1.29 is 0 Å². The molecule has 3 N–H and O–H groups in total. The highest BCUT2D eigenvalue weighted by Crippen LogP contribution is 2.19. The van der Waals surface area contributed by atoms with Crippen LogP contribution in [0.5, 0.6) is 0 Å². The smallest absolute Gasteiger partial charge is 0.224 e. The zero-order valence-corrected chi connectivity index (χ0v) is 9.86. The molecule has 0 saturated heterocycles. The number of nitrogens with one attached hydrogen (secondary N) is 1. The summed E-state index contributed by atoms with van der Waals surface area (Å²) in [7, 11) is 0. The van der Waals surface area contributed by atoms with Crippen LogP contribution in [-0.2, 0) is 0 Å². The number of hydrogen-bond acceptors (Lipinski definition) is 5. The Hall–Kier alpha value is -1.67. The average Bonchev–Trinajstić information content (AvgIpc) is 2.29. The van der Waals surface area contributed by atoms with Gasteiger partial charge in [0.25, 0.3) is 0 Å². The van der Waals surface area contributed by atoms with Crippen LogP contribution in [0.3, 0.4) is 0 Å². The summed E-state index contributed by atoms with van der Waals surface area (Å²) in [5, 5.41) is 11.9. The summed E-state index contributed by atoms with van der Waals surface area (Å²) in [6.07, 6.45) is 1.56. The Kier molecular flexibility index (Phi) is 3.80. The number of nitrogens with zero attached hydrogens (tertiary/aromatic N) is 3. The van der Waals surface area contributed by atoms with Crippen LogP contribution in [0.25, 0.3) is 0 Å². The van der Waals surface area contributed by atoms with E-state index >= 15 is 0 Å². The number of rotatable bonds is 4. The van der Waals surface area contributed by atoms with Crippen molar-refractivity contribution >= 4 is 5.95 Å². The molecular formula is C11H17N5. The molecule has 86 valence electrons. The first kappa shape index (κ1) is 12.4. The van der Waals surface area contributed by atoms with E-state index in [0.717, 1.165) is 0 Å². The maximum atomic E-state index is 8.73. The molecule has 1 aromatic rings. The fraction of sp³-hybridized carbons (Fsp3) is 0.545. The van der Waals surface area contributed by atoms with Crippen molar-refractivity contribution in [1.29, 1.82) is 5.26 Å². The van der Waals surface area contributed by atoms with Gasteiger partial charge >= 0.3 is 0 Å². The summed E-state index contributed by atoms with van der Waals surface area (Å²) in [6.45, 7) is 6.65. The number of nitriles is 1. The molecule has 1 unspecified atom stereocenters. The van der Waals surface area contributed by atoms with Crippen LogP contribution in [-0.4, -0.2) is 22.1 Å². The van der Waals surface area contributed by atoms with E-state index in [1.807, 2.05) is 13.0 Å². The van der Waals surface area contributed by atoms with Gasteiger partial charge in [-0.25, -0.2) is 9.97 Å². The Morgan fingerprint density at radius 3 is 2.81 bits per heavy atom. The van der Waals surface area contributed by atoms with Crippen molar-refractivity contribution in [1.82, 2.24) is 9.97 Å². The van der Waals surface area contributed by atoms with Crippen molar-refractivity contribution in [2.24, 2.45) is 11.7 Å². The van der Waals surface area contributed by atoms with Gasteiger partial charge in [-0.2, -0.15) is 5.26 Å². The maximum absolute atomic E-state index is 8.73. The van der Waals surface area contributed by atoms with Crippen LogP contribution in [0.4, 0.5) is 5.95 Å². The normalized spacial score (nSPS) is 14.2. The zero-order chi connectivity index (χ0) is 12.2. The molecule has 0 spiro atoms. The Morgan fingerprint density at radius 1 is 1.62 bits per heavy atom. The van der Waals surface area contributed by atoms with Crippen molar-refractivity contribution in [3.63, 3.8) is 0 Å². The summed E-state index contributed by atoms with van der Waals surface area (Å²) in [4.78, 5) is 8.14. The monoisotopic (exact) mass is 219 g/mol. The van der Waals surface area contributed by atoms with Gasteiger partial charge in [0.15, 0.2) is 0 Å². The Labute approximate surface area is 95.7 Å². The third kappa shape index (κ3) is 2.67. The molecule has 0 aliphatic heterocycles. The summed E-state index contributed by atoms with van der Waals surface area (Å²) in [6, 6.07) is 3.55. The standard InChI is InChI=1S/C11H17N5/c1-8(2)11(3,7-13)16-10-14-5-4-9(6-12)15-10/h4-5,8H,7,13H2,1-3H3,(H,14,15,16). The van der Waals surface area contributed by atoms with Gasteiger partial charge in [-0.15, -0.1) is 0 Å². The van der Waals surface area contributed by atoms with E-state index in [-0.39, 0.29) is 5.54 Å². The minimum atomic E-state index is -0.270. The molecule has 0 fully saturated rings. The molecule has 1 rings (SSSR count). The second kappa shape index (κ2) is 4.90. The van der Waals surface area contributed by atoms with E-state index in [1.165, 1.54) is 0 Å². The lowest BCUT2D eigenvalue weighted by Gasteiger charge is -2.33. The van der Waals surface area contributed by atoms with Crippen molar-refractivity contribution in [3.8, 4) is 6.07 Å². The fourth-order valence-electron chi connectivity index (χ4n) is 1.17. The highest BCUT2D eigenvalue weighted by Gasteiger charge is 2.27. The first-order valence-corrected chi connectivity index (χ1v) is 5.23. The topological polar surface area (TPSA) is 87.6 Å². The summed E-state index contributed by atoms with van der Waals surface area (Å²) in [5.41, 5.74) is 5.82. The molecule has 0 aromatic carbocycles. The lowest BCUT2D eigenvalue weighted by molar-refractivity contribution is 0.380. The summed E-state index contributed by atoms with van der Waals surface area (Å²) >= 11 is 0. The van der Waals surface area contributed by atoms with Crippen LogP contribution >= 0.6 is 0 Å². The molecule has 16 heavy (non-hydrogen) atoms. The molecule has 0 bridgehead atoms. The quantitative estimate of drug-likeness (QED) is 0.792. The van der Waals surface area contributed by atoms with E-state index < -0.39 is 0 Å². The van der Waals surface area contributed by atoms with Gasteiger partial charge < -0.3 is 11.1 Å². The Bertz CT molecular complexity index is 396. The molecule has 0 aliphatic rings. The van der Waals surface area contributed by atoms with Gasteiger partial charge in [0, 0.05) is 12.7 Å². The fourth-order valence-corrected chi connectivity index (χ4v) is 1.17. The van der Waals surface area contributed by atoms with Crippen LogP contribution < -0.4 is 11.1 Å². The highest BCUT2D eigenvalue weighted by molar-refractivity contribution is 5.33.